The van der Waals surface area contributed by atoms with Crippen molar-refractivity contribution in [2.45, 2.75) is 39.3 Å². The quantitative estimate of drug-likeness (QED) is 0.435. The molecule has 4 aromatic rings. The third-order valence-electron chi connectivity index (χ3n) is 6.58. The number of hydrogen-bond donors (Lipinski definition) is 2. The molecule has 1 amide bonds. The molecule has 0 saturated carbocycles. The van der Waals surface area contributed by atoms with Gasteiger partial charge in [-0.25, -0.2) is 9.97 Å². The summed E-state index contributed by atoms with van der Waals surface area (Å²) in [6.07, 6.45) is 6.96. The Hall–Kier alpha value is -3.56. The zero-order valence-corrected chi connectivity index (χ0v) is 19.3. The van der Waals surface area contributed by atoms with Crippen molar-refractivity contribution >= 4 is 17.2 Å². The Balaban J connectivity index is 1.37. The summed E-state index contributed by atoms with van der Waals surface area (Å²) in [4.78, 5) is 34.0. The Kier molecular flexibility index (Phi) is 5.66. The maximum absolute atomic E-state index is 13.1. The minimum atomic E-state index is -0.731. The molecule has 5 rings (SSSR count). The molecule has 0 aliphatic carbocycles. The van der Waals surface area contributed by atoms with Crippen LogP contribution in [0, 0.1) is 5.41 Å². The number of carbonyl (C=O) groups is 1. The summed E-state index contributed by atoms with van der Waals surface area (Å²) in [5.41, 5.74) is 8.53. The van der Waals surface area contributed by atoms with E-state index in [0.29, 0.717) is 17.9 Å². The van der Waals surface area contributed by atoms with Crippen molar-refractivity contribution < 1.29 is 9.53 Å². The predicted octanol–water partition coefficient (Wildman–Crippen LogP) is 1.94. The number of hydrogen-bond acceptors (Lipinski definition) is 6. The van der Waals surface area contributed by atoms with Crippen molar-refractivity contribution in [1.29, 1.82) is 0 Å². The van der Waals surface area contributed by atoms with Crippen molar-refractivity contribution in [3.05, 3.63) is 81.8 Å². The van der Waals surface area contributed by atoms with Crippen molar-refractivity contribution in [3.8, 4) is 0 Å². The molecule has 1 aliphatic rings. The standard InChI is InChI=1S/C25H28N6O3/c1-25(2)8-10-34-19(25)13-27-12-16-6-7-20-28-17(15-30(20)14-16)11-18-22(23(26)32)29-21-5-3-4-9-31(21)24(18)33/h3-7,9,14-15,19,27H,8,10-13H2,1-2H3,(H2,26,32). The van der Waals surface area contributed by atoms with Gasteiger partial charge >= 0.3 is 0 Å². The first-order chi connectivity index (χ1) is 16.3. The third kappa shape index (κ3) is 4.20. The molecular formula is C25H28N6O3. The molecule has 4 aromatic heterocycles. The third-order valence-corrected chi connectivity index (χ3v) is 6.58. The number of imidazole rings is 1. The maximum atomic E-state index is 13.1. The highest BCUT2D eigenvalue weighted by Gasteiger charge is 2.35. The van der Waals surface area contributed by atoms with Crippen molar-refractivity contribution in [1.82, 2.24) is 24.1 Å². The number of nitrogens with one attached hydrogen (secondary N) is 1. The van der Waals surface area contributed by atoms with Crippen LogP contribution in [0.25, 0.3) is 11.3 Å². The molecule has 1 saturated heterocycles. The lowest BCUT2D eigenvalue weighted by atomic mass is 9.85. The van der Waals surface area contributed by atoms with Crippen molar-refractivity contribution in [3.63, 3.8) is 0 Å². The van der Waals surface area contributed by atoms with Gasteiger partial charge in [-0.1, -0.05) is 26.0 Å². The molecule has 1 atom stereocenters. The number of nitrogens with two attached hydrogens (primary N) is 1. The van der Waals surface area contributed by atoms with E-state index in [1.165, 1.54) is 4.40 Å². The summed E-state index contributed by atoms with van der Waals surface area (Å²) in [7, 11) is 0. The first kappa shape index (κ1) is 22.2. The topological polar surface area (TPSA) is 116 Å². The van der Waals surface area contributed by atoms with Gasteiger partial charge in [0.25, 0.3) is 11.5 Å². The number of amides is 1. The Bertz CT molecular complexity index is 1440. The summed E-state index contributed by atoms with van der Waals surface area (Å²) in [5, 5.41) is 3.49. The molecule has 3 N–H and O–H groups in total. The fourth-order valence-corrected chi connectivity index (χ4v) is 4.48. The number of carbonyl (C=O) groups excluding carboxylic acids is 1. The Morgan fingerprint density at radius 1 is 1.21 bits per heavy atom. The second-order valence-corrected chi connectivity index (χ2v) is 9.48. The summed E-state index contributed by atoms with van der Waals surface area (Å²) in [6, 6.07) is 9.13. The van der Waals surface area contributed by atoms with Crippen LogP contribution < -0.4 is 16.6 Å². The molecule has 0 aromatic carbocycles. The van der Waals surface area contributed by atoms with E-state index in [0.717, 1.165) is 30.8 Å². The van der Waals surface area contributed by atoms with Gasteiger partial charge in [0.05, 0.1) is 17.4 Å². The van der Waals surface area contributed by atoms with E-state index in [1.807, 2.05) is 28.9 Å². The van der Waals surface area contributed by atoms with E-state index in [2.05, 4.69) is 29.1 Å². The first-order valence-corrected chi connectivity index (χ1v) is 11.4. The lowest BCUT2D eigenvalue weighted by Gasteiger charge is -2.25. The van der Waals surface area contributed by atoms with Gasteiger partial charge in [0.2, 0.25) is 0 Å². The number of pyridine rings is 2. The van der Waals surface area contributed by atoms with E-state index in [1.54, 1.807) is 24.4 Å². The zero-order chi connectivity index (χ0) is 23.9. The van der Waals surface area contributed by atoms with Crippen LogP contribution >= 0.6 is 0 Å². The zero-order valence-electron chi connectivity index (χ0n) is 19.3. The fraction of sp³-hybridized carbons (Fsp3) is 0.360. The van der Waals surface area contributed by atoms with Crippen LogP contribution in [0.4, 0.5) is 0 Å². The van der Waals surface area contributed by atoms with Crippen LogP contribution in [0.5, 0.6) is 0 Å². The SMILES string of the molecule is CC1(C)CCOC1CNCc1ccc2nc(Cc3c(C(N)=O)nc4ccccn4c3=O)cn2c1. The average molecular weight is 461 g/mol. The molecule has 34 heavy (non-hydrogen) atoms. The minimum Gasteiger partial charge on any atom is -0.376 e. The van der Waals surface area contributed by atoms with Gasteiger partial charge in [-0.2, -0.15) is 0 Å². The highest BCUT2D eigenvalue weighted by Crippen LogP contribution is 2.33. The van der Waals surface area contributed by atoms with Crippen LogP contribution in [0.15, 0.2) is 53.7 Å². The monoisotopic (exact) mass is 460 g/mol. The average Bonchev–Trinajstić information content (AvgIpc) is 3.36. The van der Waals surface area contributed by atoms with Crippen LogP contribution in [-0.2, 0) is 17.7 Å². The number of fused-ring (bicyclic) bond motifs is 2. The van der Waals surface area contributed by atoms with Crippen LogP contribution in [0.1, 0.15) is 47.6 Å². The predicted molar refractivity (Wildman–Crippen MR) is 128 cm³/mol. The molecule has 0 bridgehead atoms. The van der Waals surface area contributed by atoms with Gasteiger partial charge in [0.15, 0.2) is 0 Å². The molecule has 1 aliphatic heterocycles. The molecule has 5 heterocycles. The Morgan fingerprint density at radius 2 is 2.06 bits per heavy atom. The second-order valence-electron chi connectivity index (χ2n) is 9.48. The molecule has 1 fully saturated rings. The van der Waals surface area contributed by atoms with Gasteiger partial charge in [-0.3, -0.25) is 14.0 Å². The number of ether oxygens (including phenoxy) is 1. The highest BCUT2D eigenvalue weighted by atomic mass is 16.5. The Labute approximate surface area is 196 Å². The minimum absolute atomic E-state index is 0.0183. The Morgan fingerprint density at radius 3 is 2.82 bits per heavy atom. The van der Waals surface area contributed by atoms with Gasteiger partial charge in [-0.15, -0.1) is 0 Å². The van der Waals surface area contributed by atoms with Crippen molar-refractivity contribution in [2.75, 3.05) is 13.2 Å². The molecule has 1 unspecified atom stereocenters. The number of nitrogens with zero attached hydrogens (tertiary/aromatic N) is 4. The smallest absolute Gasteiger partial charge is 0.267 e. The van der Waals surface area contributed by atoms with E-state index in [-0.39, 0.29) is 34.8 Å². The van der Waals surface area contributed by atoms with E-state index < -0.39 is 5.91 Å². The molecular weight excluding hydrogens is 432 g/mol. The fourth-order valence-electron chi connectivity index (χ4n) is 4.48. The van der Waals surface area contributed by atoms with Gasteiger partial charge < -0.3 is 20.2 Å². The van der Waals surface area contributed by atoms with Crippen LogP contribution in [0.3, 0.4) is 0 Å². The highest BCUT2D eigenvalue weighted by molar-refractivity contribution is 5.92. The van der Waals surface area contributed by atoms with Gasteiger partial charge in [0.1, 0.15) is 17.0 Å². The van der Waals surface area contributed by atoms with Crippen LogP contribution in [0.2, 0.25) is 0 Å². The normalized spacial score (nSPS) is 17.5. The summed E-state index contributed by atoms with van der Waals surface area (Å²) < 4.78 is 9.20. The lowest BCUT2D eigenvalue weighted by Crippen LogP contribution is -2.35. The molecule has 9 heteroatoms. The number of primary amides is 1. The molecule has 176 valence electrons. The maximum Gasteiger partial charge on any atom is 0.267 e. The first-order valence-electron chi connectivity index (χ1n) is 11.4. The summed E-state index contributed by atoms with van der Waals surface area (Å²) in [5.74, 6) is -0.731. The largest absolute Gasteiger partial charge is 0.376 e. The van der Waals surface area contributed by atoms with Crippen LogP contribution in [-0.4, -0.2) is 43.9 Å². The molecule has 9 nitrogen and oxygen atoms in total. The van der Waals surface area contributed by atoms with Gasteiger partial charge in [-0.05, 0) is 35.6 Å². The van der Waals surface area contributed by atoms with E-state index >= 15 is 0 Å². The summed E-state index contributed by atoms with van der Waals surface area (Å²) in [6.45, 7) is 6.81. The van der Waals surface area contributed by atoms with E-state index in [9.17, 15) is 9.59 Å². The van der Waals surface area contributed by atoms with E-state index in [4.69, 9.17) is 10.5 Å². The number of rotatable bonds is 7. The number of aromatic nitrogens is 4. The summed E-state index contributed by atoms with van der Waals surface area (Å²) >= 11 is 0. The molecule has 0 radical (unpaired) electrons. The van der Waals surface area contributed by atoms with Crippen molar-refractivity contribution in [2.24, 2.45) is 11.1 Å². The lowest BCUT2D eigenvalue weighted by molar-refractivity contribution is 0.0637. The second kappa shape index (κ2) is 8.66. The molecule has 0 spiro atoms. The van der Waals surface area contributed by atoms with Gasteiger partial charge in [0, 0.05) is 44.7 Å².